The van der Waals surface area contributed by atoms with Gasteiger partial charge >= 0.3 is 5.97 Å². The molecule has 12 heteroatoms. The predicted octanol–water partition coefficient (Wildman–Crippen LogP) is 1.41. The van der Waals surface area contributed by atoms with Gasteiger partial charge in [0.2, 0.25) is 0 Å². The zero-order valence-electron chi connectivity index (χ0n) is 22.0. The van der Waals surface area contributed by atoms with E-state index in [2.05, 4.69) is 26.8 Å². The Hall–Kier alpha value is -4.10. The van der Waals surface area contributed by atoms with E-state index in [1.165, 1.54) is 11.4 Å². The van der Waals surface area contributed by atoms with E-state index in [9.17, 15) is 23.1 Å². The number of benzene rings is 2. The summed E-state index contributed by atoms with van der Waals surface area (Å²) in [6, 6.07) is 13.2. The van der Waals surface area contributed by atoms with Crippen molar-refractivity contribution in [2.24, 2.45) is 5.92 Å². The van der Waals surface area contributed by atoms with Gasteiger partial charge in [0, 0.05) is 43.0 Å². The van der Waals surface area contributed by atoms with Crippen molar-refractivity contribution >= 4 is 27.8 Å². The molecule has 0 bridgehead atoms. The highest BCUT2D eigenvalue weighted by molar-refractivity contribution is 7.87. The summed E-state index contributed by atoms with van der Waals surface area (Å²) in [6.45, 7) is 4.54. The zero-order valence-corrected chi connectivity index (χ0v) is 22.8. The van der Waals surface area contributed by atoms with Gasteiger partial charge in [0.05, 0.1) is 18.7 Å². The van der Waals surface area contributed by atoms with E-state index in [-0.39, 0.29) is 31.1 Å². The van der Waals surface area contributed by atoms with Gasteiger partial charge in [0.25, 0.3) is 16.1 Å². The average Bonchev–Trinajstić information content (AvgIpc) is 2.93. The maximum absolute atomic E-state index is 12.7. The second-order valence-corrected chi connectivity index (χ2v) is 10.8. The fraction of sp³-hybridized carbons (Fsp3) is 0.370. The molecular weight excluding hydrogens is 522 g/mol. The molecule has 1 saturated heterocycles. The molecule has 1 atom stereocenters. The third kappa shape index (κ3) is 7.71. The average molecular weight is 554 g/mol. The van der Waals surface area contributed by atoms with Crippen LogP contribution in [0.3, 0.4) is 0 Å². The standard InChI is InChI=1S/C27H31N5O6S/c1-19(2)25(27(34)35)30-39(36,37)32-16-14-31(15-17-32)22-9-6-20(7-10-22)4-5-21-8-11-24(38-3)23(18-21)26(33)29-13-12-28/h6-11,18-19,25,30H,13-17H2,1-3H3,(H,29,33)(H,34,35). The first-order valence-electron chi connectivity index (χ1n) is 12.3. The van der Waals surface area contributed by atoms with E-state index in [0.29, 0.717) is 24.4 Å². The van der Waals surface area contributed by atoms with Gasteiger partial charge in [0.1, 0.15) is 18.3 Å². The molecule has 0 saturated carbocycles. The van der Waals surface area contributed by atoms with E-state index in [0.717, 1.165) is 11.3 Å². The van der Waals surface area contributed by atoms with E-state index < -0.39 is 28.1 Å². The van der Waals surface area contributed by atoms with Crippen molar-refractivity contribution in [3.63, 3.8) is 0 Å². The van der Waals surface area contributed by atoms with Crippen LogP contribution in [0, 0.1) is 29.1 Å². The number of carbonyl (C=O) groups excluding carboxylic acids is 1. The van der Waals surface area contributed by atoms with Gasteiger partial charge in [-0.15, -0.1) is 0 Å². The zero-order chi connectivity index (χ0) is 28.6. The number of rotatable bonds is 9. The van der Waals surface area contributed by atoms with Crippen molar-refractivity contribution in [2.75, 3.05) is 44.7 Å². The van der Waals surface area contributed by atoms with E-state index in [4.69, 9.17) is 10.00 Å². The lowest BCUT2D eigenvalue weighted by atomic mass is 10.1. The third-order valence-corrected chi connectivity index (χ3v) is 7.74. The van der Waals surface area contributed by atoms with Crippen molar-refractivity contribution in [3.8, 4) is 23.7 Å². The quantitative estimate of drug-likeness (QED) is 0.311. The van der Waals surface area contributed by atoms with E-state index in [1.54, 1.807) is 32.0 Å². The molecule has 1 aliphatic rings. The maximum Gasteiger partial charge on any atom is 0.322 e. The Kier molecular flexibility index (Phi) is 9.90. The van der Waals surface area contributed by atoms with Gasteiger partial charge in [-0.1, -0.05) is 25.7 Å². The first-order chi connectivity index (χ1) is 18.6. The van der Waals surface area contributed by atoms with Gasteiger partial charge in [-0.2, -0.15) is 22.7 Å². The second-order valence-electron chi connectivity index (χ2n) is 9.12. The molecule has 1 amide bonds. The number of carboxylic acids is 1. The number of hydrogen-bond acceptors (Lipinski definition) is 7. The fourth-order valence-electron chi connectivity index (χ4n) is 3.97. The van der Waals surface area contributed by atoms with Gasteiger partial charge in [0.15, 0.2) is 0 Å². The van der Waals surface area contributed by atoms with Gasteiger partial charge < -0.3 is 20.1 Å². The van der Waals surface area contributed by atoms with Gasteiger partial charge in [-0.25, -0.2) is 0 Å². The van der Waals surface area contributed by atoms with Crippen LogP contribution in [0.2, 0.25) is 0 Å². The highest BCUT2D eigenvalue weighted by atomic mass is 32.2. The molecule has 3 N–H and O–H groups in total. The molecule has 0 aromatic heterocycles. The van der Waals surface area contributed by atoms with Crippen molar-refractivity contribution in [1.29, 1.82) is 5.26 Å². The molecule has 0 aliphatic carbocycles. The molecule has 1 unspecified atom stereocenters. The van der Waals surface area contributed by atoms with Crippen LogP contribution in [0.1, 0.15) is 35.3 Å². The summed E-state index contributed by atoms with van der Waals surface area (Å²) in [6.07, 6.45) is 0. The summed E-state index contributed by atoms with van der Waals surface area (Å²) in [5.41, 5.74) is 2.56. The normalized spacial score (nSPS) is 14.6. The van der Waals surface area contributed by atoms with Crippen LogP contribution in [-0.2, 0) is 15.0 Å². The van der Waals surface area contributed by atoms with Crippen molar-refractivity contribution in [1.82, 2.24) is 14.3 Å². The molecule has 2 aromatic rings. The molecule has 1 aliphatic heterocycles. The number of carbonyl (C=O) groups is 2. The van der Waals surface area contributed by atoms with E-state index in [1.807, 2.05) is 30.3 Å². The smallest absolute Gasteiger partial charge is 0.322 e. The highest BCUT2D eigenvalue weighted by Crippen LogP contribution is 2.21. The number of ether oxygens (including phenoxy) is 1. The molecule has 1 heterocycles. The summed E-state index contributed by atoms with van der Waals surface area (Å²) < 4.78 is 34.2. The van der Waals surface area contributed by atoms with Crippen molar-refractivity contribution < 1.29 is 27.9 Å². The molecule has 39 heavy (non-hydrogen) atoms. The minimum atomic E-state index is -3.93. The number of piperazine rings is 1. The van der Waals surface area contributed by atoms with Gasteiger partial charge in [-0.05, 0) is 48.4 Å². The van der Waals surface area contributed by atoms with Crippen molar-refractivity contribution in [2.45, 2.75) is 19.9 Å². The number of nitrogens with one attached hydrogen (secondary N) is 2. The minimum absolute atomic E-state index is 0.116. The molecular formula is C27H31N5O6S. The van der Waals surface area contributed by atoms with Gasteiger partial charge in [-0.3, -0.25) is 9.59 Å². The Balaban J connectivity index is 1.64. The van der Waals surface area contributed by atoms with Crippen LogP contribution >= 0.6 is 0 Å². The third-order valence-electron chi connectivity index (χ3n) is 6.14. The molecule has 0 radical (unpaired) electrons. The molecule has 0 spiro atoms. The number of nitriles is 1. The number of nitrogens with zero attached hydrogens (tertiary/aromatic N) is 3. The van der Waals surface area contributed by atoms with Crippen LogP contribution in [-0.4, -0.2) is 75.6 Å². The lowest BCUT2D eigenvalue weighted by molar-refractivity contribution is -0.140. The van der Waals surface area contributed by atoms with Crippen LogP contribution in [0.25, 0.3) is 0 Å². The van der Waals surface area contributed by atoms with E-state index >= 15 is 0 Å². The lowest BCUT2D eigenvalue weighted by Gasteiger charge is -2.36. The molecule has 11 nitrogen and oxygen atoms in total. The Labute approximate surface area is 228 Å². The minimum Gasteiger partial charge on any atom is -0.496 e. The Morgan fingerprint density at radius 2 is 1.67 bits per heavy atom. The second kappa shape index (κ2) is 13.1. The number of carboxylic acid groups (broad SMARTS) is 1. The first-order valence-corrected chi connectivity index (χ1v) is 13.7. The summed E-state index contributed by atoms with van der Waals surface area (Å²) >= 11 is 0. The number of hydrogen-bond donors (Lipinski definition) is 3. The predicted molar refractivity (Wildman–Crippen MR) is 145 cm³/mol. The molecule has 3 rings (SSSR count). The maximum atomic E-state index is 12.7. The van der Waals surface area contributed by atoms with Crippen LogP contribution in [0.15, 0.2) is 42.5 Å². The SMILES string of the molecule is COc1ccc(C#Cc2ccc(N3CCN(S(=O)(=O)NC(C(=O)O)C(C)C)CC3)cc2)cc1C(=O)NCC#N. The van der Waals surface area contributed by atoms with Crippen molar-refractivity contribution in [3.05, 3.63) is 59.2 Å². The summed E-state index contributed by atoms with van der Waals surface area (Å²) in [4.78, 5) is 25.8. The van der Waals surface area contributed by atoms with Crippen LogP contribution in [0.4, 0.5) is 5.69 Å². The lowest BCUT2D eigenvalue weighted by Crippen LogP contribution is -2.55. The largest absolute Gasteiger partial charge is 0.496 e. The summed E-state index contributed by atoms with van der Waals surface area (Å²) in [5, 5.41) is 20.5. The topological polar surface area (TPSA) is 152 Å². The summed E-state index contributed by atoms with van der Waals surface area (Å²) in [7, 11) is -2.47. The monoisotopic (exact) mass is 553 g/mol. The van der Waals surface area contributed by atoms with Crippen LogP contribution < -0.4 is 19.7 Å². The molecule has 2 aromatic carbocycles. The Morgan fingerprint density at radius 3 is 2.23 bits per heavy atom. The number of anilines is 1. The van der Waals surface area contributed by atoms with Crippen LogP contribution in [0.5, 0.6) is 5.75 Å². The number of aliphatic carboxylic acids is 1. The summed E-state index contributed by atoms with van der Waals surface area (Å²) in [5.74, 6) is 4.46. The highest BCUT2D eigenvalue weighted by Gasteiger charge is 2.32. The Morgan fingerprint density at radius 1 is 1.05 bits per heavy atom. The molecule has 1 fully saturated rings. The Bertz CT molecular complexity index is 1400. The molecule has 206 valence electrons. The fourth-order valence-corrected chi connectivity index (χ4v) is 5.46. The first kappa shape index (κ1) is 29.5. The number of methoxy groups -OCH3 is 1. The number of amides is 1.